The van der Waals surface area contributed by atoms with Crippen LogP contribution in [0.4, 0.5) is 8.78 Å². The van der Waals surface area contributed by atoms with Crippen molar-refractivity contribution in [1.29, 1.82) is 5.26 Å². The number of nitrogens with zero attached hydrogens (tertiary/aromatic N) is 2. The van der Waals surface area contributed by atoms with Crippen molar-refractivity contribution < 1.29 is 13.5 Å². The lowest BCUT2D eigenvalue weighted by atomic mass is 9.82. The Morgan fingerprint density at radius 3 is 2.89 bits per heavy atom. The molecule has 0 spiro atoms. The largest absolute Gasteiger partial charge is 0.476 e. The van der Waals surface area contributed by atoms with E-state index in [2.05, 4.69) is 11.1 Å². The van der Waals surface area contributed by atoms with Gasteiger partial charge in [-0.2, -0.15) is 5.26 Å². The first-order chi connectivity index (χ1) is 9.07. The SMILES string of the molecule is N#Cc1cc2c(nc1OCC1CC(F)(F)C1)CCC2. The van der Waals surface area contributed by atoms with Crippen LogP contribution in [0.1, 0.15) is 36.1 Å². The third-order valence-electron chi connectivity index (χ3n) is 3.77. The third-order valence-corrected chi connectivity index (χ3v) is 3.77. The third kappa shape index (κ3) is 2.40. The van der Waals surface area contributed by atoms with E-state index in [4.69, 9.17) is 10.00 Å². The summed E-state index contributed by atoms with van der Waals surface area (Å²) in [5.41, 5.74) is 2.50. The van der Waals surface area contributed by atoms with Crippen LogP contribution in [0.2, 0.25) is 0 Å². The molecule has 0 amide bonds. The van der Waals surface area contributed by atoms with Crippen LogP contribution in [0.3, 0.4) is 0 Å². The molecule has 1 aromatic heterocycles. The molecule has 1 saturated carbocycles. The fraction of sp³-hybridized carbons (Fsp3) is 0.571. The van der Waals surface area contributed by atoms with E-state index < -0.39 is 5.92 Å². The summed E-state index contributed by atoms with van der Waals surface area (Å²) in [5, 5.41) is 9.08. The highest BCUT2D eigenvalue weighted by molar-refractivity contribution is 5.44. The zero-order chi connectivity index (χ0) is 13.5. The Bertz CT molecular complexity index is 543. The van der Waals surface area contributed by atoms with E-state index in [1.165, 1.54) is 0 Å². The lowest BCUT2D eigenvalue weighted by molar-refractivity contribution is -0.119. The molecular formula is C14H14F2N2O. The Morgan fingerprint density at radius 2 is 2.21 bits per heavy atom. The average molecular weight is 264 g/mol. The minimum Gasteiger partial charge on any atom is -0.476 e. The molecule has 0 atom stereocenters. The van der Waals surface area contributed by atoms with E-state index in [1.807, 2.05) is 6.07 Å². The molecule has 5 heteroatoms. The lowest BCUT2D eigenvalue weighted by Crippen LogP contribution is -2.38. The summed E-state index contributed by atoms with van der Waals surface area (Å²) in [6.45, 7) is 0.218. The highest BCUT2D eigenvalue weighted by Gasteiger charge is 2.45. The second-order valence-electron chi connectivity index (χ2n) is 5.35. The van der Waals surface area contributed by atoms with Crippen LogP contribution >= 0.6 is 0 Å². The van der Waals surface area contributed by atoms with E-state index in [1.54, 1.807) is 0 Å². The predicted octanol–water partition coefficient (Wildman–Crippen LogP) is 2.87. The fourth-order valence-electron chi connectivity index (χ4n) is 2.74. The first-order valence-corrected chi connectivity index (χ1v) is 6.51. The number of rotatable bonds is 3. The maximum atomic E-state index is 12.7. The molecule has 1 heterocycles. The Hall–Kier alpha value is -1.70. The number of fused-ring (bicyclic) bond motifs is 1. The number of alkyl halides is 2. The molecule has 1 aromatic rings. The Balaban J connectivity index is 1.69. The molecule has 0 aliphatic heterocycles. The number of hydrogen-bond donors (Lipinski definition) is 0. The summed E-state index contributed by atoms with van der Waals surface area (Å²) in [6, 6.07) is 3.89. The molecule has 0 unspecified atom stereocenters. The minimum absolute atomic E-state index is 0.125. The van der Waals surface area contributed by atoms with E-state index >= 15 is 0 Å². The van der Waals surface area contributed by atoms with Crippen LogP contribution in [-0.4, -0.2) is 17.5 Å². The molecule has 2 aliphatic carbocycles. The Labute approximate surface area is 110 Å². The average Bonchev–Trinajstić information content (AvgIpc) is 2.79. The molecule has 0 radical (unpaired) electrons. The maximum absolute atomic E-state index is 12.7. The normalized spacial score (nSPS) is 20.5. The molecular weight excluding hydrogens is 250 g/mol. The molecule has 1 fully saturated rings. The van der Waals surface area contributed by atoms with Crippen molar-refractivity contribution in [2.45, 2.75) is 38.0 Å². The van der Waals surface area contributed by atoms with Crippen LogP contribution in [-0.2, 0) is 12.8 Å². The smallest absolute Gasteiger partial charge is 0.248 e. The summed E-state index contributed by atoms with van der Waals surface area (Å²) >= 11 is 0. The van der Waals surface area contributed by atoms with E-state index in [0.29, 0.717) is 11.4 Å². The highest BCUT2D eigenvalue weighted by Crippen LogP contribution is 2.42. The Morgan fingerprint density at radius 1 is 1.42 bits per heavy atom. The van der Waals surface area contributed by atoms with Gasteiger partial charge in [-0.15, -0.1) is 0 Å². The number of pyridine rings is 1. The molecule has 0 saturated heterocycles. The molecule has 2 aliphatic rings. The van der Waals surface area contributed by atoms with Gasteiger partial charge in [0.15, 0.2) is 0 Å². The molecule has 0 bridgehead atoms. The fourth-order valence-corrected chi connectivity index (χ4v) is 2.74. The van der Waals surface area contributed by atoms with Crippen LogP contribution in [0.15, 0.2) is 6.07 Å². The summed E-state index contributed by atoms with van der Waals surface area (Å²) < 4.78 is 30.9. The molecule has 0 aromatic carbocycles. The van der Waals surface area contributed by atoms with Crippen molar-refractivity contribution in [3.8, 4) is 11.9 Å². The highest BCUT2D eigenvalue weighted by atomic mass is 19.3. The molecule has 100 valence electrons. The van der Waals surface area contributed by atoms with Gasteiger partial charge >= 0.3 is 0 Å². The number of aryl methyl sites for hydroxylation is 2. The van der Waals surface area contributed by atoms with Gasteiger partial charge in [0.1, 0.15) is 11.6 Å². The van der Waals surface area contributed by atoms with E-state index in [0.717, 1.165) is 30.5 Å². The maximum Gasteiger partial charge on any atom is 0.248 e. The summed E-state index contributed by atoms with van der Waals surface area (Å²) in [6.07, 6.45) is 2.65. The predicted molar refractivity (Wildman–Crippen MR) is 64.1 cm³/mol. The van der Waals surface area contributed by atoms with Crippen molar-refractivity contribution in [2.24, 2.45) is 5.92 Å². The van der Waals surface area contributed by atoms with Crippen molar-refractivity contribution in [1.82, 2.24) is 4.98 Å². The number of halogens is 2. The first kappa shape index (κ1) is 12.3. The number of ether oxygens (including phenoxy) is 1. The standard InChI is InChI=1S/C14H14F2N2O/c15-14(16)5-9(6-14)8-19-13-11(7-17)4-10-2-1-3-12(10)18-13/h4,9H,1-3,5-6,8H2. The van der Waals surface area contributed by atoms with Gasteiger partial charge in [-0.25, -0.2) is 13.8 Å². The molecule has 3 nitrogen and oxygen atoms in total. The zero-order valence-electron chi connectivity index (χ0n) is 10.5. The van der Waals surface area contributed by atoms with Gasteiger partial charge in [0.2, 0.25) is 11.8 Å². The second-order valence-corrected chi connectivity index (χ2v) is 5.35. The van der Waals surface area contributed by atoms with Crippen molar-refractivity contribution in [2.75, 3.05) is 6.61 Å². The summed E-state index contributed by atoms with van der Waals surface area (Å²) in [5.74, 6) is -2.35. The van der Waals surface area contributed by atoms with Crippen LogP contribution in [0.5, 0.6) is 5.88 Å². The molecule has 19 heavy (non-hydrogen) atoms. The van der Waals surface area contributed by atoms with Gasteiger partial charge in [0.05, 0.1) is 6.61 Å². The van der Waals surface area contributed by atoms with Crippen LogP contribution < -0.4 is 4.74 Å². The van der Waals surface area contributed by atoms with Gasteiger partial charge < -0.3 is 4.74 Å². The van der Waals surface area contributed by atoms with E-state index in [-0.39, 0.29) is 25.4 Å². The van der Waals surface area contributed by atoms with Gasteiger partial charge in [0.25, 0.3) is 0 Å². The zero-order valence-corrected chi connectivity index (χ0v) is 10.5. The van der Waals surface area contributed by atoms with Crippen molar-refractivity contribution in [3.63, 3.8) is 0 Å². The molecule has 3 rings (SSSR count). The number of hydrogen-bond acceptors (Lipinski definition) is 3. The van der Waals surface area contributed by atoms with Gasteiger partial charge in [-0.1, -0.05) is 0 Å². The van der Waals surface area contributed by atoms with Crippen molar-refractivity contribution >= 4 is 0 Å². The topological polar surface area (TPSA) is 45.9 Å². The minimum atomic E-state index is -2.53. The quantitative estimate of drug-likeness (QED) is 0.843. The number of nitriles is 1. The first-order valence-electron chi connectivity index (χ1n) is 6.51. The van der Waals surface area contributed by atoms with Crippen molar-refractivity contribution in [3.05, 3.63) is 22.9 Å². The van der Waals surface area contributed by atoms with Gasteiger partial charge in [-0.3, -0.25) is 0 Å². The lowest BCUT2D eigenvalue weighted by Gasteiger charge is -2.34. The number of aromatic nitrogens is 1. The van der Waals surface area contributed by atoms with Crippen LogP contribution in [0, 0.1) is 17.2 Å². The molecule has 0 N–H and O–H groups in total. The summed E-state index contributed by atoms with van der Waals surface area (Å²) in [7, 11) is 0. The summed E-state index contributed by atoms with van der Waals surface area (Å²) in [4.78, 5) is 4.36. The van der Waals surface area contributed by atoms with Crippen LogP contribution in [0.25, 0.3) is 0 Å². The van der Waals surface area contributed by atoms with E-state index in [9.17, 15) is 8.78 Å². The monoisotopic (exact) mass is 264 g/mol. The Kier molecular flexibility index (Phi) is 2.89. The van der Waals surface area contributed by atoms with Gasteiger partial charge in [-0.05, 0) is 30.9 Å². The second kappa shape index (κ2) is 4.44. The van der Waals surface area contributed by atoms with Gasteiger partial charge in [0, 0.05) is 24.5 Å².